The lowest BCUT2D eigenvalue weighted by Crippen LogP contribution is -2.20. The van der Waals surface area contributed by atoms with Crippen LogP contribution in [-0.2, 0) is 5.41 Å². The summed E-state index contributed by atoms with van der Waals surface area (Å²) in [6, 6.07) is 2.21. The van der Waals surface area contributed by atoms with E-state index in [2.05, 4.69) is 73.9 Å². The summed E-state index contributed by atoms with van der Waals surface area (Å²) >= 11 is 4.05. The van der Waals surface area contributed by atoms with Crippen molar-refractivity contribution >= 4 is 33.9 Å². The van der Waals surface area contributed by atoms with Gasteiger partial charge < -0.3 is 0 Å². The van der Waals surface area contributed by atoms with E-state index in [4.69, 9.17) is 0 Å². The maximum atomic E-state index is 2.29. The van der Waals surface area contributed by atoms with Crippen LogP contribution in [0.15, 0.2) is 51.3 Å². The van der Waals surface area contributed by atoms with Crippen LogP contribution in [0.5, 0.6) is 0 Å². The van der Waals surface area contributed by atoms with Crippen LogP contribution < -0.4 is 0 Å². The van der Waals surface area contributed by atoms with E-state index >= 15 is 0 Å². The number of thiophene rings is 1. The van der Waals surface area contributed by atoms with Gasteiger partial charge >= 0.3 is 0 Å². The molecule has 0 nitrogen and oxygen atoms in total. The molecule has 2 rings (SSSR count). The van der Waals surface area contributed by atoms with Gasteiger partial charge in [-0.2, -0.15) is 11.3 Å². The van der Waals surface area contributed by atoms with Crippen LogP contribution in [0.3, 0.4) is 0 Å². The van der Waals surface area contributed by atoms with Crippen molar-refractivity contribution in [2.75, 3.05) is 0 Å². The fourth-order valence-corrected chi connectivity index (χ4v) is 3.10. The van der Waals surface area contributed by atoms with E-state index in [1.54, 1.807) is 11.3 Å². The Morgan fingerprint density at radius 2 is 2.36 bits per heavy atom. The van der Waals surface area contributed by atoms with Crippen molar-refractivity contribution in [1.82, 2.24) is 0 Å². The summed E-state index contributed by atoms with van der Waals surface area (Å²) in [5.74, 6) is 0. The van der Waals surface area contributed by atoms with Gasteiger partial charge in [0, 0.05) is 5.41 Å². The summed E-state index contributed by atoms with van der Waals surface area (Å²) in [5, 5.41) is 4.38. The van der Waals surface area contributed by atoms with Gasteiger partial charge in [-0.05, 0) is 32.9 Å². The van der Waals surface area contributed by atoms with Crippen molar-refractivity contribution in [2.24, 2.45) is 0 Å². The maximum absolute atomic E-state index is 2.29. The Balaban J connectivity index is 2.41. The van der Waals surface area contributed by atoms with E-state index in [9.17, 15) is 0 Å². The van der Waals surface area contributed by atoms with Gasteiger partial charge in [-0.25, -0.2) is 0 Å². The number of halogens is 1. The Labute approximate surface area is 102 Å². The van der Waals surface area contributed by atoms with Crippen molar-refractivity contribution in [3.63, 3.8) is 0 Å². The number of allylic oxidation sites excluding steroid dienone is 5. The SMILES string of the molecule is IC=CC1(c2ccsc2)C=CC=CC1. The summed E-state index contributed by atoms with van der Waals surface area (Å²) in [6.45, 7) is 0. The van der Waals surface area contributed by atoms with Crippen LogP contribution >= 0.6 is 33.9 Å². The normalized spacial score (nSPS) is 26.1. The second-order valence-corrected chi connectivity index (χ2v) is 4.84. The molecule has 72 valence electrons. The third kappa shape index (κ3) is 1.86. The Morgan fingerprint density at radius 1 is 1.43 bits per heavy atom. The summed E-state index contributed by atoms with van der Waals surface area (Å²) in [4.78, 5) is 0. The standard InChI is InChI=1S/C12H11IS/c13-8-7-12(5-2-1-3-6-12)11-4-9-14-10-11/h1-5,7-10H,6H2. The third-order valence-corrected chi connectivity index (χ3v) is 3.56. The van der Waals surface area contributed by atoms with Gasteiger partial charge in [-0.15, -0.1) is 0 Å². The predicted octanol–water partition coefficient (Wildman–Crippen LogP) is 4.45. The first-order chi connectivity index (χ1) is 6.87. The second-order valence-electron chi connectivity index (χ2n) is 3.34. The van der Waals surface area contributed by atoms with E-state index in [-0.39, 0.29) is 5.41 Å². The number of hydrogen-bond acceptors (Lipinski definition) is 1. The lowest BCUT2D eigenvalue weighted by molar-refractivity contribution is 0.679. The highest BCUT2D eigenvalue weighted by atomic mass is 127. The molecule has 0 spiro atoms. The molecule has 1 aliphatic rings. The Kier molecular flexibility index (Phi) is 3.23. The molecule has 1 aliphatic carbocycles. The van der Waals surface area contributed by atoms with Gasteiger partial charge in [0.15, 0.2) is 0 Å². The fraction of sp³-hybridized carbons (Fsp3) is 0.167. The number of hydrogen-bond donors (Lipinski definition) is 0. The minimum Gasteiger partial charge on any atom is -0.152 e. The van der Waals surface area contributed by atoms with Crippen molar-refractivity contribution in [2.45, 2.75) is 11.8 Å². The molecule has 1 heterocycles. The lowest BCUT2D eigenvalue weighted by Gasteiger charge is -2.26. The molecular formula is C12H11IS. The van der Waals surface area contributed by atoms with Crippen molar-refractivity contribution in [1.29, 1.82) is 0 Å². The summed E-state index contributed by atoms with van der Waals surface area (Å²) in [7, 11) is 0. The second kappa shape index (κ2) is 4.45. The van der Waals surface area contributed by atoms with Gasteiger partial charge in [0.1, 0.15) is 0 Å². The van der Waals surface area contributed by atoms with E-state index in [1.165, 1.54) is 5.56 Å². The largest absolute Gasteiger partial charge is 0.152 e. The molecule has 0 saturated carbocycles. The molecule has 1 unspecified atom stereocenters. The Morgan fingerprint density at radius 3 is 2.93 bits per heavy atom. The molecule has 0 saturated heterocycles. The first-order valence-corrected chi connectivity index (χ1v) is 6.71. The van der Waals surface area contributed by atoms with Gasteiger partial charge in [0.2, 0.25) is 0 Å². The quantitative estimate of drug-likeness (QED) is 0.708. The smallest absolute Gasteiger partial charge is 0.0365 e. The first kappa shape index (κ1) is 10.2. The minimum atomic E-state index is 0.107. The molecule has 0 amide bonds. The van der Waals surface area contributed by atoms with Crippen molar-refractivity contribution in [3.8, 4) is 0 Å². The zero-order chi connectivity index (χ0) is 9.86. The highest BCUT2D eigenvalue weighted by Gasteiger charge is 2.26. The van der Waals surface area contributed by atoms with Crippen molar-refractivity contribution < 1.29 is 0 Å². The minimum absolute atomic E-state index is 0.107. The molecule has 0 aromatic carbocycles. The molecule has 2 heteroatoms. The Bertz CT molecular complexity index is 373. The molecule has 0 bridgehead atoms. The van der Waals surface area contributed by atoms with E-state index in [1.807, 2.05) is 0 Å². The Hall–Kier alpha value is -0.350. The highest BCUT2D eigenvalue weighted by Crippen LogP contribution is 2.35. The van der Waals surface area contributed by atoms with Crippen LogP contribution in [0.4, 0.5) is 0 Å². The van der Waals surface area contributed by atoms with Crippen LogP contribution in [0.1, 0.15) is 12.0 Å². The lowest BCUT2D eigenvalue weighted by atomic mass is 9.77. The average molecular weight is 314 g/mol. The molecule has 0 fully saturated rings. The first-order valence-electron chi connectivity index (χ1n) is 4.52. The fourth-order valence-electron chi connectivity index (χ4n) is 1.71. The van der Waals surface area contributed by atoms with E-state index < -0.39 is 0 Å². The molecule has 0 aliphatic heterocycles. The van der Waals surface area contributed by atoms with Gasteiger partial charge in [0.25, 0.3) is 0 Å². The topological polar surface area (TPSA) is 0 Å². The van der Waals surface area contributed by atoms with Crippen LogP contribution in [0, 0.1) is 0 Å². The van der Waals surface area contributed by atoms with Crippen molar-refractivity contribution in [3.05, 3.63) is 56.9 Å². The van der Waals surface area contributed by atoms with Crippen LogP contribution in [-0.4, -0.2) is 0 Å². The molecule has 1 atom stereocenters. The third-order valence-electron chi connectivity index (χ3n) is 2.52. The average Bonchev–Trinajstić information content (AvgIpc) is 2.73. The zero-order valence-corrected chi connectivity index (χ0v) is 10.7. The molecule has 0 N–H and O–H groups in total. The molecule has 1 aromatic heterocycles. The predicted molar refractivity (Wildman–Crippen MR) is 72.1 cm³/mol. The molecule has 0 radical (unpaired) electrons. The zero-order valence-electron chi connectivity index (χ0n) is 7.69. The summed E-state index contributed by atoms with van der Waals surface area (Å²) in [6.07, 6.45) is 12.1. The van der Waals surface area contributed by atoms with Crippen LogP contribution in [0.2, 0.25) is 0 Å². The molecule has 14 heavy (non-hydrogen) atoms. The van der Waals surface area contributed by atoms with Gasteiger partial charge in [-0.3, -0.25) is 0 Å². The molecule has 1 aromatic rings. The summed E-state index contributed by atoms with van der Waals surface area (Å²) in [5.41, 5.74) is 1.51. The monoisotopic (exact) mass is 314 g/mol. The maximum Gasteiger partial charge on any atom is 0.0365 e. The van der Waals surface area contributed by atoms with Gasteiger partial charge in [0.05, 0.1) is 0 Å². The van der Waals surface area contributed by atoms with Gasteiger partial charge in [-0.1, -0.05) is 53.0 Å². The molecular weight excluding hydrogens is 303 g/mol. The summed E-state index contributed by atoms with van der Waals surface area (Å²) < 4.78 is 2.11. The number of rotatable bonds is 2. The van der Waals surface area contributed by atoms with Crippen LogP contribution in [0.25, 0.3) is 0 Å². The highest BCUT2D eigenvalue weighted by molar-refractivity contribution is 14.1. The van der Waals surface area contributed by atoms with E-state index in [0.29, 0.717) is 0 Å². The van der Waals surface area contributed by atoms with E-state index in [0.717, 1.165) is 6.42 Å².